The largest absolute Gasteiger partial charge is 0.471 e. The summed E-state index contributed by atoms with van der Waals surface area (Å²) in [5.74, 6) is -0.224. The van der Waals surface area contributed by atoms with E-state index in [0.717, 1.165) is 32.1 Å². The van der Waals surface area contributed by atoms with Crippen molar-refractivity contribution in [2.45, 2.75) is 71.0 Å². The van der Waals surface area contributed by atoms with Gasteiger partial charge in [-0.25, -0.2) is 0 Å². The van der Waals surface area contributed by atoms with E-state index in [1.54, 1.807) is 6.20 Å². The molecular weight excluding hydrogens is 401 g/mol. The Balaban J connectivity index is 1.42. The number of fused-ring (bicyclic) bond motifs is 5. The van der Waals surface area contributed by atoms with Crippen LogP contribution in [-0.4, -0.2) is 34.6 Å². The Labute approximate surface area is 182 Å². The lowest BCUT2D eigenvalue weighted by molar-refractivity contribution is -0.200. The first kappa shape index (κ1) is 21.0. The van der Waals surface area contributed by atoms with Crippen LogP contribution >= 0.6 is 0 Å². The standard InChI is InChI=1S/C25H31F3N2O/c1-23-12-10-20-17(19(23)8-7-18(23)16-5-3-13-29-15-16)6-9-21-24(20,2)11-4-14-30(21)22(31)25(26,27)28/h3,5,7,13,15,17,19-21H,4,6,8-12,14H2,1-2H3. The van der Waals surface area contributed by atoms with E-state index in [1.165, 1.54) is 16.0 Å². The van der Waals surface area contributed by atoms with Gasteiger partial charge in [0.05, 0.1) is 0 Å². The summed E-state index contributed by atoms with van der Waals surface area (Å²) in [4.78, 5) is 17.7. The van der Waals surface area contributed by atoms with Gasteiger partial charge in [0, 0.05) is 25.0 Å². The molecular formula is C25H31F3N2O. The number of allylic oxidation sites excluding steroid dienone is 2. The fourth-order valence-electron chi connectivity index (χ4n) is 8.03. The molecule has 2 heterocycles. The third-order valence-corrected chi connectivity index (χ3v) is 9.37. The van der Waals surface area contributed by atoms with Crippen molar-refractivity contribution in [3.63, 3.8) is 0 Å². The smallest absolute Gasteiger partial charge is 0.331 e. The van der Waals surface area contributed by atoms with Gasteiger partial charge in [0.25, 0.3) is 0 Å². The van der Waals surface area contributed by atoms with Crippen LogP contribution in [0, 0.1) is 28.6 Å². The second-order valence-corrected chi connectivity index (χ2v) is 10.6. The molecule has 1 aromatic rings. The summed E-state index contributed by atoms with van der Waals surface area (Å²) >= 11 is 0. The van der Waals surface area contributed by atoms with E-state index in [4.69, 9.17) is 0 Å². The third-order valence-electron chi connectivity index (χ3n) is 9.37. The number of pyridine rings is 1. The molecule has 0 N–H and O–H groups in total. The van der Waals surface area contributed by atoms with E-state index in [-0.39, 0.29) is 23.4 Å². The molecule has 1 saturated heterocycles. The average Bonchev–Trinajstić information content (AvgIpc) is 3.09. The number of alkyl halides is 3. The number of likely N-dealkylation sites (tertiary alicyclic amines) is 1. The van der Waals surface area contributed by atoms with Crippen LogP contribution < -0.4 is 0 Å². The minimum atomic E-state index is -4.78. The highest BCUT2D eigenvalue weighted by Crippen LogP contribution is 2.66. The van der Waals surface area contributed by atoms with E-state index in [0.29, 0.717) is 30.6 Å². The van der Waals surface area contributed by atoms with Crippen LogP contribution in [0.3, 0.4) is 0 Å². The zero-order valence-corrected chi connectivity index (χ0v) is 18.3. The first-order valence-corrected chi connectivity index (χ1v) is 11.6. The topological polar surface area (TPSA) is 33.2 Å². The Kier molecular flexibility index (Phi) is 4.80. The van der Waals surface area contributed by atoms with Crippen LogP contribution in [0.1, 0.15) is 64.4 Å². The van der Waals surface area contributed by atoms with Crippen LogP contribution in [0.4, 0.5) is 13.2 Å². The number of hydrogen-bond donors (Lipinski definition) is 0. The number of aromatic nitrogens is 1. The minimum Gasteiger partial charge on any atom is -0.331 e. The van der Waals surface area contributed by atoms with Gasteiger partial charge in [0.15, 0.2) is 0 Å². The van der Waals surface area contributed by atoms with Gasteiger partial charge in [-0.1, -0.05) is 26.0 Å². The van der Waals surface area contributed by atoms with Crippen molar-refractivity contribution in [2.24, 2.45) is 28.6 Å². The molecule has 4 aliphatic rings. The lowest BCUT2D eigenvalue weighted by atomic mass is 9.46. The molecule has 6 heteroatoms. The SMILES string of the molecule is CC12CCC3C(CCC4N(C(=O)C(F)(F)F)CCCC34C)C1CC=C2c1cccnc1. The predicted octanol–water partition coefficient (Wildman–Crippen LogP) is 5.87. The van der Waals surface area contributed by atoms with Gasteiger partial charge in [0.2, 0.25) is 0 Å². The first-order chi connectivity index (χ1) is 14.7. The lowest BCUT2D eigenvalue weighted by Crippen LogP contribution is -2.63. The second kappa shape index (κ2) is 7.08. The summed E-state index contributed by atoms with van der Waals surface area (Å²) in [5.41, 5.74) is 2.48. The van der Waals surface area contributed by atoms with Gasteiger partial charge < -0.3 is 4.90 Å². The highest BCUT2D eigenvalue weighted by atomic mass is 19.4. The van der Waals surface area contributed by atoms with Crippen molar-refractivity contribution < 1.29 is 18.0 Å². The zero-order valence-electron chi connectivity index (χ0n) is 18.3. The summed E-state index contributed by atoms with van der Waals surface area (Å²) in [5, 5.41) is 0. The molecule has 6 atom stereocenters. The van der Waals surface area contributed by atoms with Crippen LogP contribution in [0.25, 0.3) is 5.57 Å². The van der Waals surface area contributed by atoms with E-state index >= 15 is 0 Å². The molecule has 0 spiro atoms. The number of carbonyl (C=O) groups is 1. The van der Waals surface area contributed by atoms with Gasteiger partial charge in [0.1, 0.15) is 0 Å². The van der Waals surface area contributed by atoms with Gasteiger partial charge in [-0.3, -0.25) is 9.78 Å². The van der Waals surface area contributed by atoms with Crippen LogP contribution in [0.2, 0.25) is 0 Å². The zero-order chi connectivity index (χ0) is 22.0. The van der Waals surface area contributed by atoms with Crippen LogP contribution in [0.15, 0.2) is 30.6 Å². The Hall–Kier alpha value is -1.85. The average molecular weight is 433 g/mol. The number of hydrogen-bond acceptors (Lipinski definition) is 2. The molecule has 3 fully saturated rings. The molecule has 1 aliphatic heterocycles. The summed E-state index contributed by atoms with van der Waals surface area (Å²) in [7, 11) is 0. The highest BCUT2D eigenvalue weighted by molar-refractivity contribution is 5.82. The molecule has 5 rings (SSSR count). The van der Waals surface area contributed by atoms with Gasteiger partial charge in [-0.2, -0.15) is 13.2 Å². The maximum absolute atomic E-state index is 13.3. The maximum Gasteiger partial charge on any atom is 0.471 e. The summed E-state index contributed by atoms with van der Waals surface area (Å²) in [6, 6.07) is 3.84. The molecule has 2 saturated carbocycles. The molecule has 0 radical (unpaired) electrons. The quantitative estimate of drug-likeness (QED) is 0.556. The van der Waals surface area contributed by atoms with Crippen molar-refractivity contribution in [1.29, 1.82) is 0 Å². The first-order valence-electron chi connectivity index (χ1n) is 11.6. The fraction of sp³-hybridized carbons (Fsp3) is 0.680. The van der Waals surface area contributed by atoms with Crippen LogP contribution in [-0.2, 0) is 4.79 Å². The molecule has 31 heavy (non-hydrogen) atoms. The predicted molar refractivity (Wildman–Crippen MR) is 113 cm³/mol. The molecule has 1 aromatic heterocycles. The van der Waals surface area contributed by atoms with Crippen molar-refractivity contribution in [1.82, 2.24) is 9.88 Å². The number of halogens is 3. The molecule has 6 unspecified atom stereocenters. The van der Waals surface area contributed by atoms with E-state index < -0.39 is 12.1 Å². The molecule has 1 amide bonds. The molecule has 3 aliphatic carbocycles. The van der Waals surface area contributed by atoms with Gasteiger partial charge in [-0.15, -0.1) is 0 Å². The molecule has 0 aromatic carbocycles. The Morgan fingerprint density at radius 2 is 1.97 bits per heavy atom. The minimum absolute atomic E-state index is 0.101. The number of nitrogens with zero attached hydrogens (tertiary/aromatic N) is 2. The summed E-state index contributed by atoms with van der Waals surface area (Å²) in [6.07, 6.45) is 7.66. The van der Waals surface area contributed by atoms with Crippen LogP contribution in [0.5, 0.6) is 0 Å². The Bertz CT molecular complexity index is 898. The number of amides is 1. The second-order valence-electron chi connectivity index (χ2n) is 10.6. The van der Waals surface area contributed by atoms with E-state index in [2.05, 4.69) is 31.0 Å². The monoisotopic (exact) mass is 432 g/mol. The van der Waals surface area contributed by atoms with Crippen molar-refractivity contribution in [3.8, 4) is 0 Å². The molecule has 3 nitrogen and oxygen atoms in total. The Morgan fingerprint density at radius 3 is 2.68 bits per heavy atom. The number of rotatable bonds is 1. The van der Waals surface area contributed by atoms with Crippen molar-refractivity contribution >= 4 is 11.5 Å². The van der Waals surface area contributed by atoms with Crippen molar-refractivity contribution in [3.05, 3.63) is 36.2 Å². The van der Waals surface area contributed by atoms with Crippen molar-refractivity contribution in [2.75, 3.05) is 6.54 Å². The fourth-order valence-corrected chi connectivity index (χ4v) is 8.03. The summed E-state index contributed by atoms with van der Waals surface area (Å²) < 4.78 is 39.8. The molecule has 0 bridgehead atoms. The van der Waals surface area contributed by atoms with E-state index in [1.807, 2.05) is 12.3 Å². The number of carbonyl (C=O) groups excluding carboxylic acids is 1. The number of piperidine rings is 1. The third kappa shape index (κ3) is 3.07. The van der Waals surface area contributed by atoms with Gasteiger partial charge in [-0.05, 0) is 90.7 Å². The van der Waals surface area contributed by atoms with Gasteiger partial charge >= 0.3 is 12.1 Å². The summed E-state index contributed by atoms with van der Waals surface area (Å²) in [6.45, 7) is 4.80. The molecule has 168 valence electrons. The normalized spacial score (nSPS) is 39.9. The lowest BCUT2D eigenvalue weighted by Gasteiger charge is -2.62. The maximum atomic E-state index is 13.3. The highest BCUT2D eigenvalue weighted by Gasteiger charge is 2.61. The van der Waals surface area contributed by atoms with E-state index in [9.17, 15) is 18.0 Å². The Morgan fingerprint density at radius 1 is 1.16 bits per heavy atom.